The van der Waals surface area contributed by atoms with Crippen molar-refractivity contribution in [1.82, 2.24) is 24.8 Å². The Morgan fingerprint density at radius 3 is 3.05 bits per heavy atom. The summed E-state index contributed by atoms with van der Waals surface area (Å²) >= 11 is 1.57. The lowest BCUT2D eigenvalue weighted by Crippen LogP contribution is -1.95. The Bertz CT molecular complexity index is 885. The summed E-state index contributed by atoms with van der Waals surface area (Å²) in [5.41, 5.74) is 2.25. The minimum Gasteiger partial charge on any atom is -0.360 e. The molecule has 0 fully saturated rings. The molecule has 0 radical (unpaired) electrons. The fourth-order valence-electron chi connectivity index (χ4n) is 2.39. The molecule has 0 saturated heterocycles. The van der Waals surface area contributed by atoms with Crippen LogP contribution >= 0.6 is 11.3 Å². The third kappa shape index (κ3) is 1.65. The lowest BCUT2D eigenvalue weighted by molar-refractivity contribution is 0.778. The second kappa shape index (κ2) is 4.42. The van der Waals surface area contributed by atoms with E-state index in [0.717, 1.165) is 39.7 Å². The second-order valence-corrected chi connectivity index (χ2v) is 5.67. The molecule has 4 rings (SSSR count). The van der Waals surface area contributed by atoms with Crippen LogP contribution in [0.1, 0.15) is 19.2 Å². The lowest BCUT2D eigenvalue weighted by Gasteiger charge is -1.93. The van der Waals surface area contributed by atoms with Gasteiger partial charge in [0.05, 0.1) is 0 Å². The maximum atomic E-state index is 4.67. The Morgan fingerprint density at radius 1 is 1.25 bits per heavy atom. The summed E-state index contributed by atoms with van der Waals surface area (Å²) in [4.78, 5) is 4.14. The van der Waals surface area contributed by atoms with Crippen molar-refractivity contribution in [3.63, 3.8) is 0 Å². The first-order chi connectivity index (χ1) is 9.86. The molecule has 3 aromatic heterocycles. The Balaban J connectivity index is 1.89. The number of nitrogens with zero attached hydrogens (tertiary/aromatic N) is 4. The zero-order valence-corrected chi connectivity index (χ0v) is 11.8. The van der Waals surface area contributed by atoms with E-state index in [1.54, 1.807) is 11.3 Å². The first-order valence-corrected chi connectivity index (χ1v) is 7.46. The molecule has 1 aromatic carbocycles. The van der Waals surface area contributed by atoms with E-state index in [1.807, 2.05) is 22.8 Å². The van der Waals surface area contributed by atoms with Gasteiger partial charge < -0.3 is 4.98 Å². The maximum absolute atomic E-state index is 4.67. The zero-order valence-electron chi connectivity index (χ0n) is 11.0. The molecule has 0 saturated carbocycles. The largest absolute Gasteiger partial charge is 0.360 e. The molecule has 0 unspecified atom stereocenters. The predicted octanol–water partition coefficient (Wildman–Crippen LogP) is 3.29. The van der Waals surface area contributed by atoms with E-state index in [1.165, 1.54) is 5.39 Å². The highest BCUT2D eigenvalue weighted by Gasteiger charge is 2.14. The molecule has 0 aliphatic carbocycles. The van der Waals surface area contributed by atoms with E-state index >= 15 is 0 Å². The molecule has 100 valence electrons. The maximum Gasteiger partial charge on any atom is 0.234 e. The molecule has 0 bridgehead atoms. The summed E-state index contributed by atoms with van der Waals surface area (Å²) in [6.45, 7) is 2.13. The van der Waals surface area contributed by atoms with Crippen LogP contribution < -0.4 is 0 Å². The molecular formula is C14H13N5S. The van der Waals surface area contributed by atoms with Crippen molar-refractivity contribution in [2.75, 3.05) is 0 Å². The van der Waals surface area contributed by atoms with Crippen LogP contribution in [0.2, 0.25) is 0 Å². The topological polar surface area (TPSA) is 58.9 Å². The predicted molar refractivity (Wildman–Crippen MR) is 79.9 cm³/mol. The van der Waals surface area contributed by atoms with Gasteiger partial charge in [-0.25, -0.2) is 0 Å². The van der Waals surface area contributed by atoms with E-state index < -0.39 is 0 Å². The van der Waals surface area contributed by atoms with Gasteiger partial charge in [-0.1, -0.05) is 36.5 Å². The number of fused-ring (bicyclic) bond motifs is 2. The number of aromatic amines is 1. The minimum absolute atomic E-state index is 0.855. The fourth-order valence-corrected chi connectivity index (χ4v) is 3.28. The lowest BCUT2D eigenvalue weighted by atomic mass is 10.2. The number of aryl methyl sites for hydroxylation is 1. The van der Waals surface area contributed by atoms with Crippen molar-refractivity contribution in [2.24, 2.45) is 0 Å². The SMILES string of the molecule is CCCc1nnc2sc(-c3c[nH]c4ccccc34)nn12. The molecule has 6 heteroatoms. The third-order valence-corrected chi connectivity index (χ3v) is 4.28. The smallest absolute Gasteiger partial charge is 0.234 e. The van der Waals surface area contributed by atoms with Gasteiger partial charge in [-0.2, -0.15) is 9.61 Å². The molecule has 0 spiro atoms. The molecule has 0 aliphatic heterocycles. The van der Waals surface area contributed by atoms with Crippen molar-refractivity contribution in [1.29, 1.82) is 0 Å². The molecule has 0 amide bonds. The van der Waals surface area contributed by atoms with E-state index in [0.29, 0.717) is 0 Å². The number of benzene rings is 1. The molecule has 0 aliphatic rings. The van der Waals surface area contributed by atoms with Gasteiger partial charge in [-0.3, -0.25) is 0 Å². The van der Waals surface area contributed by atoms with Gasteiger partial charge in [-0.15, -0.1) is 10.2 Å². The van der Waals surface area contributed by atoms with Crippen molar-refractivity contribution in [2.45, 2.75) is 19.8 Å². The summed E-state index contributed by atoms with van der Waals surface area (Å²) in [6, 6.07) is 8.25. The molecule has 1 N–H and O–H groups in total. The number of hydrogen-bond donors (Lipinski definition) is 1. The normalized spacial score (nSPS) is 11.7. The summed E-state index contributed by atoms with van der Waals surface area (Å²) in [7, 11) is 0. The highest BCUT2D eigenvalue weighted by Crippen LogP contribution is 2.31. The Hall–Kier alpha value is -2.21. The first kappa shape index (κ1) is 11.6. The van der Waals surface area contributed by atoms with Crippen molar-refractivity contribution < 1.29 is 0 Å². The van der Waals surface area contributed by atoms with Crippen molar-refractivity contribution in [3.8, 4) is 10.6 Å². The molecular weight excluding hydrogens is 270 g/mol. The Kier molecular flexibility index (Phi) is 2.56. The molecule has 5 nitrogen and oxygen atoms in total. The van der Waals surface area contributed by atoms with Crippen LogP contribution in [0.5, 0.6) is 0 Å². The van der Waals surface area contributed by atoms with Gasteiger partial charge in [0, 0.05) is 29.1 Å². The monoisotopic (exact) mass is 283 g/mol. The Morgan fingerprint density at radius 2 is 2.15 bits per heavy atom. The van der Waals surface area contributed by atoms with Crippen LogP contribution in [-0.4, -0.2) is 24.8 Å². The molecule has 3 heterocycles. The van der Waals surface area contributed by atoms with Crippen molar-refractivity contribution in [3.05, 3.63) is 36.3 Å². The van der Waals surface area contributed by atoms with Gasteiger partial charge in [0.15, 0.2) is 5.82 Å². The van der Waals surface area contributed by atoms with Crippen LogP contribution in [0.25, 0.3) is 26.4 Å². The number of rotatable bonds is 3. The van der Waals surface area contributed by atoms with Crippen LogP contribution in [0.3, 0.4) is 0 Å². The number of H-pyrrole nitrogens is 1. The zero-order chi connectivity index (χ0) is 13.5. The van der Waals surface area contributed by atoms with Crippen LogP contribution in [0, 0.1) is 0 Å². The number of aromatic nitrogens is 5. The molecule has 4 aromatic rings. The quantitative estimate of drug-likeness (QED) is 0.627. The highest BCUT2D eigenvalue weighted by atomic mass is 32.1. The third-order valence-electron chi connectivity index (χ3n) is 3.35. The highest BCUT2D eigenvalue weighted by molar-refractivity contribution is 7.19. The van der Waals surface area contributed by atoms with Crippen molar-refractivity contribution >= 4 is 27.2 Å². The summed E-state index contributed by atoms with van der Waals surface area (Å²) < 4.78 is 1.87. The standard InChI is InChI=1S/C14H13N5S/c1-2-5-12-16-17-14-19(12)18-13(20-14)10-8-15-11-7-4-3-6-9(10)11/h3-4,6-8,15H,2,5H2,1H3. The van der Waals surface area contributed by atoms with E-state index in [-0.39, 0.29) is 0 Å². The van der Waals surface area contributed by atoms with Crippen LogP contribution in [0.15, 0.2) is 30.5 Å². The van der Waals surface area contributed by atoms with Gasteiger partial charge in [0.2, 0.25) is 4.96 Å². The van der Waals surface area contributed by atoms with E-state index in [4.69, 9.17) is 0 Å². The minimum atomic E-state index is 0.855. The van der Waals surface area contributed by atoms with Gasteiger partial charge in [0.1, 0.15) is 5.01 Å². The second-order valence-electron chi connectivity index (χ2n) is 4.72. The van der Waals surface area contributed by atoms with Gasteiger partial charge in [0.25, 0.3) is 0 Å². The van der Waals surface area contributed by atoms with E-state index in [2.05, 4.69) is 39.3 Å². The summed E-state index contributed by atoms with van der Waals surface area (Å²) in [5.74, 6) is 0.935. The number of nitrogens with one attached hydrogen (secondary N) is 1. The van der Waals surface area contributed by atoms with Gasteiger partial charge >= 0.3 is 0 Å². The Labute approximate surface area is 119 Å². The summed E-state index contributed by atoms with van der Waals surface area (Å²) in [6.07, 6.45) is 3.95. The molecule has 20 heavy (non-hydrogen) atoms. The van der Waals surface area contributed by atoms with Crippen LogP contribution in [-0.2, 0) is 6.42 Å². The molecule has 0 atom stereocenters. The average molecular weight is 283 g/mol. The van der Waals surface area contributed by atoms with Crippen LogP contribution in [0.4, 0.5) is 0 Å². The first-order valence-electron chi connectivity index (χ1n) is 6.64. The number of para-hydroxylation sites is 1. The van der Waals surface area contributed by atoms with E-state index in [9.17, 15) is 0 Å². The summed E-state index contributed by atoms with van der Waals surface area (Å²) in [5, 5.41) is 15.2. The van der Waals surface area contributed by atoms with Gasteiger partial charge in [-0.05, 0) is 12.5 Å². The fraction of sp³-hybridized carbons (Fsp3) is 0.214. The average Bonchev–Trinajstić information content (AvgIpc) is 3.13. The number of hydrogen-bond acceptors (Lipinski definition) is 4.